The van der Waals surface area contributed by atoms with Gasteiger partial charge in [-0.3, -0.25) is 9.69 Å². The van der Waals surface area contributed by atoms with Crippen molar-refractivity contribution in [2.75, 3.05) is 7.11 Å². The third kappa shape index (κ3) is 5.18. The zero-order chi connectivity index (χ0) is 24.9. The summed E-state index contributed by atoms with van der Waals surface area (Å²) in [5.41, 5.74) is 2.09. The second-order valence-electron chi connectivity index (χ2n) is 7.55. The fourth-order valence-electron chi connectivity index (χ4n) is 3.51. The van der Waals surface area contributed by atoms with Crippen molar-refractivity contribution in [3.63, 3.8) is 0 Å². The SMILES string of the molecule is COc1cc(/C=C2/NC(=O)N(Cc3ccccc3F)C2=O)c(Br)cc1OCc1ccccc1C#N. The van der Waals surface area contributed by atoms with Crippen LogP contribution >= 0.6 is 15.9 Å². The van der Waals surface area contributed by atoms with Crippen molar-refractivity contribution in [3.05, 3.63) is 98.9 Å². The molecule has 0 unspecified atom stereocenters. The molecule has 1 saturated heterocycles. The molecule has 0 aliphatic carbocycles. The zero-order valence-corrected chi connectivity index (χ0v) is 20.1. The van der Waals surface area contributed by atoms with Crippen LogP contribution in [0.3, 0.4) is 0 Å². The van der Waals surface area contributed by atoms with Gasteiger partial charge in [0.2, 0.25) is 0 Å². The van der Waals surface area contributed by atoms with Gasteiger partial charge in [-0.25, -0.2) is 9.18 Å². The Hall–Kier alpha value is -4.16. The van der Waals surface area contributed by atoms with E-state index in [1.807, 2.05) is 6.07 Å². The van der Waals surface area contributed by atoms with Crippen LogP contribution in [0.5, 0.6) is 11.5 Å². The van der Waals surface area contributed by atoms with Gasteiger partial charge in [0.25, 0.3) is 5.91 Å². The summed E-state index contributed by atoms with van der Waals surface area (Å²) in [5, 5.41) is 11.8. The summed E-state index contributed by atoms with van der Waals surface area (Å²) < 4.78 is 25.9. The van der Waals surface area contributed by atoms with E-state index < -0.39 is 17.8 Å². The number of methoxy groups -OCH3 is 1. The Morgan fingerprint density at radius 3 is 2.51 bits per heavy atom. The topological polar surface area (TPSA) is 91.7 Å². The third-order valence-corrected chi connectivity index (χ3v) is 6.04. The van der Waals surface area contributed by atoms with Crippen molar-refractivity contribution in [1.29, 1.82) is 5.26 Å². The summed E-state index contributed by atoms with van der Waals surface area (Å²) in [4.78, 5) is 26.2. The predicted octanol–water partition coefficient (Wildman–Crippen LogP) is 5.14. The Morgan fingerprint density at radius 2 is 1.80 bits per heavy atom. The lowest BCUT2D eigenvalue weighted by atomic mass is 10.1. The van der Waals surface area contributed by atoms with Crippen molar-refractivity contribution >= 4 is 33.9 Å². The smallest absolute Gasteiger partial charge is 0.329 e. The van der Waals surface area contributed by atoms with Crippen LogP contribution in [0.1, 0.15) is 22.3 Å². The molecule has 9 heteroatoms. The standard InChI is InChI=1S/C26H19BrFN3O4/c1-34-23-11-19(20(27)12-24(23)35-15-18-8-3-2-6-16(18)13-29)10-22-25(32)31(26(33)30-22)14-17-7-4-5-9-21(17)28/h2-12H,14-15H2,1H3,(H,30,33)/b22-10+. The molecule has 1 heterocycles. The predicted molar refractivity (Wildman–Crippen MR) is 130 cm³/mol. The summed E-state index contributed by atoms with van der Waals surface area (Å²) in [5.74, 6) is -0.241. The molecule has 1 aliphatic rings. The number of carbonyl (C=O) groups excluding carboxylic acids is 2. The Morgan fingerprint density at radius 1 is 1.09 bits per heavy atom. The fraction of sp³-hybridized carbons (Fsp3) is 0.115. The molecule has 0 radical (unpaired) electrons. The number of nitrogens with one attached hydrogen (secondary N) is 1. The Labute approximate surface area is 209 Å². The lowest BCUT2D eigenvalue weighted by Gasteiger charge is -2.14. The highest BCUT2D eigenvalue weighted by molar-refractivity contribution is 9.10. The number of rotatable bonds is 7. The van der Waals surface area contributed by atoms with E-state index in [1.54, 1.807) is 36.4 Å². The molecule has 0 saturated carbocycles. The molecular weight excluding hydrogens is 517 g/mol. The van der Waals surface area contributed by atoms with E-state index in [-0.39, 0.29) is 24.4 Å². The molecule has 35 heavy (non-hydrogen) atoms. The van der Waals surface area contributed by atoms with Gasteiger partial charge in [0.15, 0.2) is 11.5 Å². The molecule has 0 spiro atoms. The van der Waals surface area contributed by atoms with Gasteiger partial charge in [0, 0.05) is 15.6 Å². The third-order valence-electron chi connectivity index (χ3n) is 5.35. The number of urea groups is 1. The normalized spacial score (nSPS) is 14.1. The Bertz CT molecular complexity index is 1380. The minimum atomic E-state index is -0.635. The minimum Gasteiger partial charge on any atom is -0.493 e. The summed E-state index contributed by atoms with van der Waals surface area (Å²) in [6.07, 6.45) is 1.50. The maximum Gasteiger partial charge on any atom is 0.329 e. The average molecular weight is 536 g/mol. The van der Waals surface area contributed by atoms with Crippen LogP contribution < -0.4 is 14.8 Å². The molecule has 176 valence electrons. The van der Waals surface area contributed by atoms with Crippen molar-refractivity contribution in [2.45, 2.75) is 13.2 Å². The molecule has 3 aromatic rings. The molecule has 1 N–H and O–H groups in total. The maximum atomic E-state index is 14.0. The highest BCUT2D eigenvalue weighted by Gasteiger charge is 2.34. The quantitative estimate of drug-likeness (QED) is 0.334. The summed E-state index contributed by atoms with van der Waals surface area (Å²) in [7, 11) is 1.48. The first-order valence-electron chi connectivity index (χ1n) is 10.5. The number of halogens is 2. The minimum absolute atomic E-state index is 0.0470. The first-order chi connectivity index (χ1) is 16.9. The molecule has 0 bridgehead atoms. The highest BCUT2D eigenvalue weighted by atomic mass is 79.9. The number of imide groups is 1. The van der Waals surface area contributed by atoms with Crippen molar-refractivity contribution in [2.24, 2.45) is 0 Å². The van der Waals surface area contributed by atoms with Crippen LogP contribution in [0.25, 0.3) is 6.08 Å². The van der Waals surface area contributed by atoms with Crippen LogP contribution in [-0.4, -0.2) is 23.9 Å². The van der Waals surface area contributed by atoms with Gasteiger partial charge < -0.3 is 14.8 Å². The zero-order valence-electron chi connectivity index (χ0n) is 18.5. The van der Waals surface area contributed by atoms with E-state index in [2.05, 4.69) is 27.3 Å². The van der Waals surface area contributed by atoms with Gasteiger partial charge in [-0.2, -0.15) is 5.26 Å². The Balaban J connectivity index is 1.55. The summed E-state index contributed by atoms with van der Waals surface area (Å²) in [6.45, 7) is -0.0252. The number of amides is 3. The first-order valence-corrected chi connectivity index (χ1v) is 11.3. The molecule has 4 rings (SSSR count). The Kier molecular flexibility index (Phi) is 7.13. The lowest BCUT2D eigenvalue weighted by Crippen LogP contribution is -2.30. The number of carbonyl (C=O) groups is 2. The molecule has 3 amide bonds. The molecule has 1 fully saturated rings. The van der Waals surface area contributed by atoms with Crippen molar-refractivity contribution < 1.29 is 23.5 Å². The van der Waals surface area contributed by atoms with E-state index >= 15 is 0 Å². The first kappa shape index (κ1) is 24.0. The second-order valence-corrected chi connectivity index (χ2v) is 8.41. The summed E-state index contributed by atoms with van der Waals surface area (Å²) in [6, 6.07) is 17.9. The number of nitrogens with zero attached hydrogens (tertiary/aromatic N) is 2. The van der Waals surface area contributed by atoms with E-state index in [4.69, 9.17) is 9.47 Å². The molecular formula is C26H19BrFN3O4. The largest absolute Gasteiger partial charge is 0.493 e. The van der Waals surface area contributed by atoms with Crippen molar-refractivity contribution in [1.82, 2.24) is 10.2 Å². The van der Waals surface area contributed by atoms with Crippen LogP contribution in [-0.2, 0) is 17.9 Å². The van der Waals surface area contributed by atoms with Crippen LogP contribution in [0.2, 0.25) is 0 Å². The highest BCUT2D eigenvalue weighted by Crippen LogP contribution is 2.35. The van der Waals surface area contributed by atoms with Gasteiger partial charge in [-0.05, 0) is 35.9 Å². The van der Waals surface area contributed by atoms with Gasteiger partial charge in [-0.15, -0.1) is 0 Å². The second kappa shape index (κ2) is 10.4. The number of benzene rings is 3. The monoisotopic (exact) mass is 535 g/mol. The van der Waals surface area contributed by atoms with Gasteiger partial charge in [0.05, 0.1) is 25.3 Å². The van der Waals surface area contributed by atoms with Crippen LogP contribution in [0, 0.1) is 17.1 Å². The van der Waals surface area contributed by atoms with Gasteiger partial charge in [0.1, 0.15) is 18.1 Å². The molecule has 0 atom stereocenters. The van der Waals surface area contributed by atoms with Gasteiger partial charge in [-0.1, -0.05) is 52.3 Å². The summed E-state index contributed by atoms with van der Waals surface area (Å²) >= 11 is 3.47. The number of ether oxygens (including phenoxy) is 2. The maximum absolute atomic E-state index is 14.0. The molecule has 0 aromatic heterocycles. The van der Waals surface area contributed by atoms with E-state index in [1.165, 1.54) is 31.4 Å². The molecule has 1 aliphatic heterocycles. The van der Waals surface area contributed by atoms with Crippen molar-refractivity contribution in [3.8, 4) is 17.6 Å². The fourth-order valence-corrected chi connectivity index (χ4v) is 3.95. The van der Waals surface area contributed by atoms with Crippen LogP contribution in [0.15, 0.2) is 70.8 Å². The number of hydrogen-bond donors (Lipinski definition) is 1. The lowest BCUT2D eigenvalue weighted by molar-refractivity contribution is -0.123. The van der Waals surface area contributed by atoms with Gasteiger partial charge >= 0.3 is 6.03 Å². The molecule has 3 aromatic carbocycles. The van der Waals surface area contributed by atoms with Crippen LogP contribution in [0.4, 0.5) is 9.18 Å². The van der Waals surface area contributed by atoms with E-state index in [0.717, 1.165) is 10.5 Å². The average Bonchev–Trinajstić information content (AvgIpc) is 3.12. The number of nitriles is 1. The van der Waals surface area contributed by atoms with E-state index in [9.17, 15) is 19.2 Å². The molecule has 7 nitrogen and oxygen atoms in total. The van der Waals surface area contributed by atoms with E-state index in [0.29, 0.717) is 27.1 Å². The number of hydrogen-bond acceptors (Lipinski definition) is 5.